The summed E-state index contributed by atoms with van der Waals surface area (Å²) in [6.07, 6.45) is 3.13. The number of carbonyl (C=O) groups is 1. The van der Waals surface area contributed by atoms with Crippen molar-refractivity contribution in [3.05, 3.63) is 0 Å². The molecule has 0 spiro atoms. The number of aliphatic hydroxyl groups excluding tert-OH is 1. The van der Waals surface area contributed by atoms with E-state index in [0.29, 0.717) is 12.3 Å². The van der Waals surface area contributed by atoms with Crippen LogP contribution in [0, 0.1) is 11.8 Å². The third kappa shape index (κ3) is 1.64. The maximum atomic E-state index is 10.9. The van der Waals surface area contributed by atoms with Gasteiger partial charge in [0.25, 0.3) is 0 Å². The average molecular weight is 199 g/mol. The van der Waals surface area contributed by atoms with Crippen LogP contribution in [0.25, 0.3) is 0 Å². The number of aliphatic hydroxyl groups is 1. The summed E-state index contributed by atoms with van der Waals surface area (Å²) in [5.74, 6) is -0.945. The van der Waals surface area contributed by atoms with Gasteiger partial charge in [0.1, 0.15) is 0 Å². The van der Waals surface area contributed by atoms with Crippen molar-refractivity contribution in [3.63, 3.8) is 0 Å². The summed E-state index contributed by atoms with van der Waals surface area (Å²) in [4.78, 5) is 10.9. The van der Waals surface area contributed by atoms with Crippen molar-refractivity contribution in [1.29, 1.82) is 0 Å². The predicted octanol–water partition coefficient (Wildman–Crippen LogP) is 0.210. The second-order valence-corrected chi connectivity index (χ2v) is 4.39. The summed E-state index contributed by atoms with van der Waals surface area (Å²) in [5, 5.41) is 22.0. The third-order valence-corrected chi connectivity index (χ3v) is 3.59. The zero-order chi connectivity index (χ0) is 10.1. The van der Waals surface area contributed by atoms with Crippen molar-refractivity contribution >= 4 is 5.97 Å². The molecule has 2 aliphatic rings. The number of carboxylic acids is 1. The fourth-order valence-corrected chi connectivity index (χ4v) is 2.79. The van der Waals surface area contributed by atoms with E-state index in [0.717, 1.165) is 25.8 Å². The molecule has 0 aromatic rings. The Morgan fingerprint density at radius 2 is 2.07 bits per heavy atom. The fraction of sp³-hybridized carbons (Fsp3) is 0.900. The van der Waals surface area contributed by atoms with E-state index in [1.165, 1.54) is 0 Å². The predicted molar refractivity (Wildman–Crippen MR) is 50.9 cm³/mol. The highest BCUT2D eigenvalue weighted by atomic mass is 16.4. The van der Waals surface area contributed by atoms with Gasteiger partial charge in [-0.15, -0.1) is 0 Å². The minimum atomic E-state index is -0.858. The number of piperidine rings is 1. The molecule has 80 valence electrons. The summed E-state index contributed by atoms with van der Waals surface area (Å²) >= 11 is 0. The molecule has 4 heteroatoms. The van der Waals surface area contributed by atoms with Crippen LogP contribution >= 0.6 is 0 Å². The number of hydrogen-bond donors (Lipinski definition) is 3. The molecule has 2 fully saturated rings. The summed E-state index contributed by atoms with van der Waals surface area (Å²) in [7, 11) is 0. The maximum absolute atomic E-state index is 10.9. The number of rotatable bonds is 1. The van der Waals surface area contributed by atoms with Crippen molar-refractivity contribution in [2.45, 2.75) is 37.8 Å². The van der Waals surface area contributed by atoms with E-state index < -0.39 is 18.0 Å². The van der Waals surface area contributed by atoms with Crippen molar-refractivity contribution < 1.29 is 15.0 Å². The smallest absolute Gasteiger partial charge is 0.309 e. The van der Waals surface area contributed by atoms with Gasteiger partial charge in [0, 0.05) is 6.04 Å². The lowest BCUT2D eigenvalue weighted by Gasteiger charge is -2.42. The Morgan fingerprint density at radius 3 is 2.79 bits per heavy atom. The molecule has 2 rings (SSSR count). The molecule has 0 unspecified atom stereocenters. The molecule has 1 saturated carbocycles. The van der Waals surface area contributed by atoms with E-state index in [1.807, 2.05) is 0 Å². The zero-order valence-corrected chi connectivity index (χ0v) is 8.15. The molecule has 1 aliphatic carbocycles. The highest BCUT2D eigenvalue weighted by Gasteiger charge is 2.42. The Hall–Kier alpha value is -0.610. The van der Waals surface area contributed by atoms with Crippen LogP contribution in [-0.4, -0.2) is 34.9 Å². The Balaban J connectivity index is 2.06. The van der Waals surface area contributed by atoms with Crippen molar-refractivity contribution in [3.8, 4) is 0 Å². The second kappa shape index (κ2) is 3.87. The van der Waals surface area contributed by atoms with Gasteiger partial charge in [-0.3, -0.25) is 4.79 Å². The average Bonchev–Trinajstić information content (AvgIpc) is 2.18. The maximum Gasteiger partial charge on any atom is 0.309 e. The van der Waals surface area contributed by atoms with Crippen LogP contribution in [0.4, 0.5) is 0 Å². The summed E-state index contributed by atoms with van der Waals surface area (Å²) in [6, 6.07) is 0.0126. The first kappa shape index (κ1) is 9.93. The van der Waals surface area contributed by atoms with E-state index in [4.69, 9.17) is 5.11 Å². The van der Waals surface area contributed by atoms with Crippen molar-refractivity contribution in [2.75, 3.05) is 6.54 Å². The molecule has 0 amide bonds. The van der Waals surface area contributed by atoms with Crippen LogP contribution in [0.5, 0.6) is 0 Å². The van der Waals surface area contributed by atoms with Crippen LogP contribution < -0.4 is 5.32 Å². The molecule has 0 bridgehead atoms. The van der Waals surface area contributed by atoms with Gasteiger partial charge < -0.3 is 15.5 Å². The molecule has 4 nitrogen and oxygen atoms in total. The Labute approximate surface area is 83.3 Å². The summed E-state index contributed by atoms with van der Waals surface area (Å²) in [5.41, 5.74) is 0. The Kier molecular flexibility index (Phi) is 2.74. The molecular formula is C10H17NO3. The lowest BCUT2D eigenvalue weighted by atomic mass is 9.73. The number of fused-ring (bicyclic) bond motifs is 1. The van der Waals surface area contributed by atoms with Crippen LogP contribution in [0.15, 0.2) is 0 Å². The molecule has 1 heterocycles. The topological polar surface area (TPSA) is 69.6 Å². The molecule has 4 atom stereocenters. The Morgan fingerprint density at radius 1 is 1.29 bits per heavy atom. The van der Waals surface area contributed by atoms with E-state index in [9.17, 15) is 9.90 Å². The van der Waals surface area contributed by atoms with Crippen LogP contribution in [0.2, 0.25) is 0 Å². The molecule has 0 aromatic carbocycles. The highest BCUT2D eigenvalue weighted by molar-refractivity contribution is 5.71. The standard InChI is InChI=1S/C10H17NO3/c12-9-7(10(13)14)4-3-6-2-1-5-11-8(6)9/h6-9,11-12H,1-5H2,(H,13,14)/t6-,7+,8+,9-/m0/s1. The first-order chi connectivity index (χ1) is 6.70. The summed E-state index contributed by atoms with van der Waals surface area (Å²) in [6.45, 7) is 0.907. The molecule has 1 aliphatic heterocycles. The third-order valence-electron chi connectivity index (χ3n) is 3.59. The first-order valence-electron chi connectivity index (χ1n) is 5.34. The van der Waals surface area contributed by atoms with Gasteiger partial charge >= 0.3 is 5.97 Å². The molecule has 0 aromatic heterocycles. The number of aliphatic carboxylic acids is 1. The minimum absolute atomic E-state index is 0.0126. The minimum Gasteiger partial charge on any atom is -0.481 e. The van der Waals surface area contributed by atoms with Gasteiger partial charge in [0.2, 0.25) is 0 Å². The van der Waals surface area contributed by atoms with Crippen LogP contribution in [0.1, 0.15) is 25.7 Å². The van der Waals surface area contributed by atoms with Gasteiger partial charge in [-0.25, -0.2) is 0 Å². The van der Waals surface area contributed by atoms with Crippen molar-refractivity contribution in [2.24, 2.45) is 11.8 Å². The zero-order valence-electron chi connectivity index (χ0n) is 8.15. The molecule has 3 N–H and O–H groups in total. The lowest BCUT2D eigenvalue weighted by Crippen LogP contribution is -2.55. The molecule has 14 heavy (non-hydrogen) atoms. The number of hydrogen-bond acceptors (Lipinski definition) is 3. The Bertz CT molecular complexity index is 231. The number of nitrogens with one attached hydrogen (secondary N) is 1. The van der Waals surface area contributed by atoms with Crippen LogP contribution in [-0.2, 0) is 4.79 Å². The number of carboxylic acid groups (broad SMARTS) is 1. The van der Waals surface area contributed by atoms with Gasteiger partial charge in [-0.1, -0.05) is 0 Å². The summed E-state index contributed by atoms with van der Waals surface area (Å²) < 4.78 is 0. The van der Waals surface area contributed by atoms with Gasteiger partial charge in [0.05, 0.1) is 12.0 Å². The molecule has 1 saturated heterocycles. The van der Waals surface area contributed by atoms with Crippen molar-refractivity contribution in [1.82, 2.24) is 5.32 Å². The largest absolute Gasteiger partial charge is 0.481 e. The monoisotopic (exact) mass is 199 g/mol. The van der Waals surface area contributed by atoms with Gasteiger partial charge in [-0.05, 0) is 38.1 Å². The van der Waals surface area contributed by atoms with E-state index in [-0.39, 0.29) is 6.04 Å². The SMILES string of the molecule is O=C(O)[C@@H]1CC[C@@H]2CCCN[C@H]2[C@H]1O. The van der Waals surface area contributed by atoms with E-state index in [2.05, 4.69) is 5.32 Å². The van der Waals surface area contributed by atoms with Crippen LogP contribution in [0.3, 0.4) is 0 Å². The fourth-order valence-electron chi connectivity index (χ4n) is 2.79. The van der Waals surface area contributed by atoms with E-state index >= 15 is 0 Å². The molecular weight excluding hydrogens is 182 g/mol. The first-order valence-corrected chi connectivity index (χ1v) is 5.34. The quantitative estimate of drug-likeness (QED) is 0.564. The highest BCUT2D eigenvalue weighted by Crippen LogP contribution is 2.34. The normalized spacial score (nSPS) is 42.9. The molecule has 0 radical (unpaired) electrons. The lowest BCUT2D eigenvalue weighted by molar-refractivity contribution is -0.150. The van der Waals surface area contributed by atoms with Gasteiger partial charge in [0.15, 0.2) is 0 Å². The van der Waals surface area contributed by atoms with E-state index in [1.54, 1.807) is 0 Å². The second-order valence-electron chi connectivity index (χ2n) is 4.39. The van der Waals surface area contributed by atoms with Gasteiger partial charge in [-0.2, -0.15) is 0 Å².